The Balaban J connectivity index is 1.82. The Labute approximate surface area is 148 Å². The van der Waals surface area contributed by atoms with Crippen molar-refractivity contribution in [3.63, 3.8) is 0 Å². The standard InChI is InChI=1S/C18H13Cl2NOS/c1-10-8-11-4-2-3-5-14(11)21(10)18(22)17-16(20)13-7-6-12(19)9-15(13)23-17/h2-7,9-10H,8H2,1H3/t10-/m1/s1. The molecule has 0 fully saturated rings. The van der Waals surface area contributed by atoms with Gasteiger partial charge in [0.05, 0.1) is 5.02 Å². The first kappa shape index (κ1) is 15.0. The second-order valence-electron chi connectivity index (χ2n) is 5.74. The molecular formula is C18H13Cl2NOS. The number of nitrogens with zero attached hydrogens (tertiary/aromatic N) is 1. The topological polar surface area (TPSA) is 20.3 Å². The van der Waals surface area contributed by atoms with E-state index in [-0.39, 0.29) is 11.9 Å². The van der Waals surface area contributed by atoms with E-state index >= 15 is 0 Å². The summed E-state index contributed by atoms with van der Waals surface area (Å²) >= 11 is 13.9. The number of para-hydroxylation sites is 1. The van der Waals surface area contributed by atoms with Gasteiger partial charge in [0.15, 0.2) is 0 Å². The van der Waals surface area contributed by atoms with Gasteiger partial charge in [-0.05, 0) is 37.1 Å². The second kappa shape index (κ2) is 5.52. The van der Waals surface area contributed by atoms with Crippen LogP contribution >= 0.6 is 34.5 Å². The number of fused-ring (bicyclic) bond motifs is 2. The van der Waals surface area contributed by atoms with E-state index in [0.29, 0.717) is 14.9 Å². The predicted molar refractivity (Wildman–Crippen MR) is 98.3 cm³/mol. The minimum atomic E-state index is -0.0372. The summed E-state index contributed by atoms with van der Waals surface area (Å²) in [5.41, 5.74) is 2.19. The molecule has 116 valence electrons. The van der Waals surface area contributed by atoms with Gasteiger partial charge in [0.25, 0.3) is 5.91 Å². The lowest BCUT2D eigenvalue weighted by atomic mass is 10.1. The Hall–Kier alpha value is -1.55. The maximum Gasteiger partial charge on any atom is 0.270 e. The van der Waals surface area contributed by atoms with E-state index in [2.05, 4.69) is 13.0 Å². The summed E-state index contributed by atoms with van der Waals surface area (Å²) in [4.78, 5) is 15.5. The number of hydrogen-bond acceptors (Lipinski definition) is 2. The van der Waals surface area contributed by atoms with Crippen molar-refractivity contribution in [2.75, 3.05) is 4.90 Å². The highest BCUT2D eigenvalue weighted by Crippen LogP contribution is 2.40. The van der Waals surface area contributed by atoms with Crippen LogP contribution in [0.25, 0.3) is 10.1 Å². The molecule has 2 nitrogen and oxygen atoms in total. The van der Waals surface area contributed by atoms with Gasteiger partial charge in [0.1, 0.15) is 4.88 Å². The van der Waals surface area contributed by atoms with Crippen LogP contribution in [0.1, 0.15) is 22.2 Å². The molecule has 4 rings (SSSR count). The normalized spacial score (nSPS) is 16.8. The van der Waals surface area contributed by atoms with Gasteiger partial charge in [-0.25, -0.2) is 0 Å². The number of hydrogen-bond donors (Lipinski definition) is 0. The average Bonchev–Trinajstić information content (AvgIpc) is 3.03. The van der Waals surface area contributed by atoms with Crippen molar-refractivity contribution in [3.8, 4) is 0 Å². The van der Waals surface area contributed by atoms with Gasteiger partial charge < -0.3 is 4.90 Å². The number of amides is 1. The zero-order chi connectivity index (χ0) is 16.1. The third kappa shape index (κ3) is 2.35. The molecule has 1 atom stereocenters. The zero-order valence-corrected chi connectivity index (χ0v) is 14.7. The van der Waals surface area contributed by atoms with Crippen LogP contribution in [-0.2, 0) is 6.42 Å². The number of carbonyl (C=O) groups is 1. The smallest absolute Gasteiger partial charge is 0.270 e. The molecule has 1 aliphatic rings. The fraction of sp³-hybridized carbons (Fsp3) is 0.167. The van der Waals surface area contributed by atoms with Gasteiger partial charge in [0, 0.05) is 26.8 Å². The molecule has 3 aromatic rings. The maximum atomic E-state index is 13.1. The number of carbonyl (C=O) groups excluding carboxylic acids is 1. The van der Waals surface area contributed by atoms with Crippen molar-refractivity contribution >= 4 is 56.2 Å². The summed E-state index contributed by atoms with van der Waals surface area (Å²) in [6.45, 7) is 2.07. The van der Waals surface area contributed by atoms with Crippen LogP contribution in [0.3, 0.4) is 0 Å². The quantitative estimate of drug-likeness (QED) is 0.536. The molecule has 0 saturated carbocycles. The first-order valence-electron chi connectivity index (χ1n) is 7.35. The van der Waals surface area contributed by atoms with Crippen LogP contribution in [0.5, 0.6) is 0 Å². The minimum Gasteiger partial charge on any atom is -0.304 e. The van der Waals surface area contributed by atoms with Crippen molar-refractivity contribution in [1.82, 2.24) is 0 Å². The van der Waals surface area contributed by atoms with Crippen LogP contribution in [0.4, 0.5) is 5.69 Å². The monoisotopic (exact) mass is 361 g/mol. The molecule has 1 aromatic heterocycles. The SMILES string of the molecule is C[C@@H]1Cc2ccccc2N1C(=O)c1sc2cc(Cl)ccc2c1Cl. The molecule has 0 radical (unpaired) electrons. The Morgan fingerprint density at radius 1 is 1.22 bits per heavy atom. The summed E-state index contributed by atoms with van der Waals surface area (Å²) in [5, 5.41) is 2.04. The maximum absolute atomic E-state index is 13.1. The molecule has 0 aliphatic carbocycles. The fourth-order valence-corrected chi connectivity index (χ4v) is 4.89. The Morgan fingerprint density at radius 2 is 2.00 bits per heavy atom. The first-order valence-corrected chi connectivity index (χ1v) is 8.92. The fourth-order valence-electron chi connectivity index (χ4n) is 3.16. The van der Waals surface area contributed by atoms with E-state index in [1.54, 1.807) is 6.07 Å². The van der Waals surface area contributed by atoms with Crippen LogP contribution in [0.15, 0.2) is 42.5 Å². The number of rotatable bonds is 1. The number of halogens is 2. The van der Waals surface area contributed by atoms with E-state index in [1.165, 1.54) is 16.9 Å². The van der Waals surface area contributed by atoms with Crippen LogP contribution in [0.2, 0.25) is 10.0 Å². The third-order valence-corrected chi connectivity index (χ3v) is 6.09. The summed E-state index contributed by atoms with van der Waals surface area (Å²) in [5.74, 6) is -0.0372. The van der Waals surface area contributed by atoms with E-state index in [9.17, 15) is 4.79 Å². The Morgan fingerprint density at radius 3 is 2.83 bits per heavy atom. The molecule has 0 N–H and O–H groups in total. The van der Waals surface area contributed by atoms with Crippen LogP contribution in [-0.4, -0.2) is 11.9 Å². The molecule has 0 bridgehead atoms. The van der Waals surface area contributed by atoms with Gasteiger partial charge in [-0.15, -0.1) is 11.3 Å². The van der Waals surface area contributed by atoms with Crippen molar-refractivity contribution in [2.45, 2.75) is 19.4 Å². The Kier molecular flexibility index (Phi) is 3.60. The van der Waals surface area contributed by atoms with Crippen molar-refractivity contribution in [2.24, 2.45) is 0 Å². The lowest BCUT2D eigenvalue weighted by Crippen LogP contribution is -2.35. The third-order valence-electron chi connectivity index (χ3n) is 4.21. The first-order chi connectivity index (χ1) is 11.1. The molecule has 5 heteroatoms. The number of anilines is 1. The van der Waals surface area contributed by atoms with Crippen molar-refractivity contribution in [3.05, 3.63) is 63.0 Å². The van der Waals surface area contributed by atoms with Crippen molar-refractivity contribution < 1.29 is 4.79 Å². The molecule has 1 amide bonds. The van der Waals surface area contributed by atoms with E-state index in [0.717, 1.165) is 22.2 Å². The lowest BCUT2D eigenvalue weighted by Gasteiger charge is -2.22. The van der Waals surface area contributed by atoms with Gasteiger partial charge in [-0.1, -0.05) is 47.5 Å². The second-order valence-corrected chi connectivity index (χ2v) is 7.61. The van der Waals surface area contributed by atoms with Gasteiger partial charge in [-0.2, -0.15) is 0 Å². The molecule has 23 heavy (non-hydrogen) atoms. The highest BCUT2D eigenvalue weighted by Gasteiger charge is 2.33. The molecule has 2 heterocycles. The average molecular weight is 362 g/mol. The van der Waals surface area contributed by atoms with Crippen LogP contribution in [0, 0.1) is 0 Å². The predicted octanol–water partition coefficient (Wildman–Crippen LogP) is 5.80. The summed E-state index contributed by atoms with van der Waals surface area (Å²) in [6, 6.07) is 13.7. The van der Waals surface area contributed by atoms with E-state index in [4.69, 9.17) is 23.2 Å². The zero-order valence-electron chi connectivity index (χ0n) is 12.3. The number of thiophene rings is 1. The minimum absolute atomic E-state index is 0.0372. The van der Waals surface area contributed by atoms with Gasteiger partial charge in [-0.3, -0.25) is 4.79 Å². The number of benzene rings is 2. The summed E-state index contributed by atoms with van der Waals surface area (Å²) in [6.07, 6.45) is 0.871. The highest BCUT2D eigenvalue weighted by atomic mass is 35.5. The molecular weight excluding hydrogens is 349 g/mol. The molecule has 0 spiro atoms. The lowest BCUT2D eigenvalue weighted by molar-refractivity contribution is 0.0985. The largest absolute Gasteiger partial charge is 0.304 e. The van der Waals surface area contributed by atoms with E-state index in [1.807, 2.05) is 35.2 Å². The molecule has 0 saturated heterocycles. The van der Waals surface area contributed by atoms with Crippen LogP contribution < -0.4 is 4.90 Å². The molecule has 0 unspecified atom stereocenters. The van der Waals surface area contributed by atoms with Gasteiger partial charge >= 0.3 is 0 Å². The Bertz CT molecular complexity index is 934. The molecule has 2 aromatic carbocycles. The molecule has 1 aliphatic heterocycles. The van der Waals surface area contributed by atoms with E-state index < -0.39 is 0 Å². The highest BCUT2D eigenvalue weighted by molar-refractivity contribution is 7.21. The summed E-state index contributed by atoms with van der Waals surface area (Å²) in [7, 11) is 0. The summed E-state index contributed by atoms with van der Waals surface area (Å²) < 4.78 is 0.936. The van der Waals surface area contributed by atoms with Crippen molar-refractivity contribution in [1.29, 1.82) is 0 Å². The van der Waals surface area contributed by atoms with Gasteiger partial charge in [0.2, 0.25) is 0 Å².